The van der Waals surface area contributed by atoms with Gasteiger partial charge in [0.05, 0.1) is 18.4 Å². The fourth-order valence-electron chi connectivity index (χ4n) is 4.34. The molecule has 142 valence electrons. The van der Waals surface area contributed by atoms with Crippen LogP contribution < -0.4 is 10.6 Å². The Morgan fingerprint density at radius 2 is 1.81 bits per heavy atom. The van der Waals surface area contributed by atoms with E-state index >= 15 is 0 Å². The van der Waals surface area contributed by atoms with Crippen LogP contribution in [0.25, 0.3) is 0 Å². The smallest absolute Gasteiger partial charge is 0.226 e. The van der Waals surface area contributed by atoms with E-state index in [0.717, 1.165) is 63.4 Å². The number of carbonyl (C=O) groups excluding carboxylic acids is 2. The van der Waals surface area contributed by atoms with Crippen LogP contribution in [-0.2, 0) is 29.1 Å². The number of likely N-dealkylation sites (tertiary alicyclic amines) is 1. The lowest BCUT2D eigenvalue weighted by Crippen LogP contribution is -2.48. The first kappa shape index (κ1) is 17.5. The lowest BCUT2D eigenvalue weighted by atomic mass is 9.89. The van der Waals surface area contributed by atoms with Crippen LogP contribution >= 0.6 is 0 Å². The highest BCUT2D eigenvalue weighted by Gasteiger charge is 2.34. The second-order valence-corrected chi connectivity index (χ2v) is 7.68. The van der Waals surface area contributed by atoms with Crippen LogP contribution in [0, 0.1) is 11.8 Å². The predicted molar refractivity (Wildman–Crippen MR) is 95.1 cm³/mol. The fraction of sp³-hybridized carbons (Fsp3) is 0.778. The van der Waals surface area contributed by atoms with E-state index < -0.39 is 0 Å². The molecule has 0 unspecified atom stereocenters. The van der Waals surface area contributed by atoms with E-state index in [1.807, 2.05) is 4.90 Å². The van der Waals surface area contributed by atoms with Crippen LogP contribution in [0.5, 0.6) is 0 Å². The van der Waals surface area contributed by atoms with E-state index in [4.69, 9.17) is 0 Å². The van der Waals surface area contributed by atoms with Crippen molar-refractivity contribution in [3.05, 3.63) is 11.6 Å². The van der Waals surface area contributed by atoms with Crippen molar-refractivity contribution in [1.82, 2.24) is 30.3 Å². The number of rotatable bonds is 4. The largest absolute Gasteiger partial charge is 0.349 e. The summed E-state index contributed by atoms with van der Waals surface area (Å²) in [5, 5.41) is 14.7. The van der Waals surface area contributed by atoms with Crippen molar-refractivity contribution in [2.75, 3.05) is 26.2 Å². The molecule has 3 aliphatic rings. The zero-order valence-corrected chi connectivity index (χ0v) is 15.2. The summed E-state index contributed by atoms with van der Waals surface area (Å²) in [6.07, 6.45) is 6.08. The Balaban J connectivity index is 1.31. The Kier molecular flexibility index (Phi) is 5.19. The van der Waals surface area contributed by atoms with E-state index in [2.05, 4.69) is 25.4 Å². The molecule has 8 nitrogen and oxygen atoms in total. The number of nitrogens with one attached hydrogen (secondary N) is 2. The number of nitrogens with zero attached hydrogens (tertiary/aromatic N) is 4. The molecule has 2 fully saturated rings. The molecule has 0 aromatic carbocycles. The summed E-state index contributed by atoms with van der Waals surface area (Å²) in [5.74, 6) is 1.82. The summed E-state index contributed by atoms with van der Waals surface area (Å²) in [5.41, 5.74) is 0. The number of fused-ring (bicyclic) bond motifs is 1. The summed E-state index contributed by atoms with van der Waals surface area (Å²) in [7, 11) is 0. The number of hydrogen-bond donors (Lipinski definition) is 2. The number of aromatic nitrogens is 3. The van der Waals surface area contributed by atoms with Gasteiger partial charge in [0.25, 0.3) is 0 Å². The molecule has 0 spiro atoms. The SMILES string of the molecule is O=C(NCc1nnc2n1CCCC2)[C@H]1CNC[C@H](C(=O)N2CCCC2)C1. The zero-order chi connectivity index (χ0) is 17.9. The second kappa shape index (κ2) is 7.73. The molecule has 0 radical (unpaired) electrons. The maximum absolute atomic E-state index is 12.6. The van der Waals surface area contributed by atoms with Crippen molar-refractivity contribution in [2.45, 2.75) is 51.6 Å². The van der Waals surface area contributed by atoms with Crippen molar-refractivity contribution >= 4 is 11.8 Å². The van der Waals surface area contributed by atoms with Crippen LogP contribution in [0.1, 0.15) is 43.8 Å². The number of amides is 2. The molecule has 0 aliphatic carbocycles. The Labute approximate surface area is 153 Å². The van der Waals surface area contributed by atoms with E-state index in [9.17, 15) is 9.59 Å². The van der Waals surface area contributed by atoms with Crippen LogP contribution in [-0.4, -0.2) is 57.7 Å². The van der Waals surface area contributed by atoms with Gasteiger partial charge in [0.2, 0.25) is 11.8 Å². The van der Waals surface area contributed by atoms with Gasteiger partial charge in [-0.15, -0.1) is 10.2 Å². The molecule has 2 saturated heterocycles. The molecule has 2 N–H and O–H groups in total. The van der Waals surface area contributed by atoms with E-state index in [0.29, 0.717) is 26.1 Å². The predicted octanol–water partition coefficient (Wildman–Crippen LogP) is 0.0787. The molecular formula is C18H28N6O2. The van der Waals surface area contributed by atoms with Crippen molar-refractivity contribution in [2.24, 2.45) is 11.8 Å². The average Bonchev–Trinajstić information content (AvgIpc) is 3.36. The van der Waals surface area contributed by atoms with Gasteiger partial charge in [0.1, 0.15) is 5.82 Å². The standard InChI is InChI=1S/C18H28N6O2/c25-17(20-12-16-22-21-15-5-1-2-8-24(15)16)13-9-14(11-19-10-13)18(26)23-6-3-4-7-23/h13-14,19H,1-12H2,(H,20,25)/t13-,14-/m1/s1. The topological polar surface area (TPSA) is 92.1 Å². The normalized spacial score (nSPS) is 25.8. The molecule has 8 heteroatoms. The zero-order valence-electron chi connectivity index (χ0n) is 15.2. The van der Waals surface area contributed by atoms with Gasteiger partial charge in [0.15, 0.2) is 5.82 Å². The molecular weight excluding hydrogens is 332 g/mol. The van der Waals surface area contributed by atoms with E-state index in [1.165, 1.54) is 0 Å². The Hall–Kier alpha value is -1.96. The van der Waals surface area contributed by atoms with Gasteiger partial charge in [0, 0.05) is 39.1 Å². The molecule has 3 aliphatic heterocycles. The number of hydrogen-bond acceptors (Lipinski definition) is 5. The number of aryl methyl sites for hydroxylation is 1. The first-order chi connectivity index (χ1) is 12.7. The van der Waals surface area contributed by atoms with E-state index in [1.54, 1.807) is 0 Å². The molecule has 4 rings (SSSR count). The molecule has 0 saturated carbocycles. The second-order valence-electron chi connectivity index (χ2n) is 7.68. The highest BCUT2D eigenvalue weighted by Crippen LogP contribution is 2.21. The third kappa shape index (κ3) is 3.60. The maximum atomic E-state index is 12.6. The quantitative estimate of drug-likeness (QED) is 0.793. The monoisotopic (exact) mass is 360 g/mol. The lowest BCUT2D eigenvalue weighted by molar-refractivity contribution is -0.136. The fourth-order valence-corrected chi connectivity index (χ4v) is 4.34. The molecule has 2 atom stereocenters. The van der Waals surface area contributed by atoms with Crippen molar-refractivity contribution in [3.63, 3.8) is 0 Å². The summed E-state index contributed by atoms with van der Waals surface area (Å²) in [6, 6.07) is 0. The van der Waals surface area contributed by atoms with E-state index in [-0.39, 0.29) is 23.7 Å². The minimum atomic E-state index is -0.163. The van der Waals surface area contributed by atoms with Gasteiger partial charge in [-0.3, -0.25) is 9.59 Å². The number of piperidine rings is 1. The summed E-state index contributed by atoms with van der Waals surface area (Å²) < 4.78 is 2.13. The van der Waals surface area contributed by atoms with Crippen LogP contribution in [0.3, 0.4) is 0 Å². The summed E-state index contributed by atoms with van der Waals surface area (Å²) >= 11 is 0. The average molecular weight is 360 g/mol. The van der Waals surface area contributed by atoms with Gasteiger partial charge in [-0.05, 0) is 32.1 Å². The van der Waals surface area contributed by atoms with Crippen molar-refractivity contribution < 1.29 is 9.59 Å². The molecule has 1 aromatic rings. The maximum Gasteiger partial charge on any atom is 0.226 e. The van der Waals surface area contributed by atoms with Gasteiger partial charge in [-0.2, -0.15) is 0 Å². The molecule has 2 amide bonds. The van der Waals surface area contributed by atoms with Crippen LogP contribution in [0.2, 0.25) is 0 Å². The molecule has 0 bridgehead atoms. The van der Waals surface area contributed by atoms with Crippen molar-refractivity contribution in [3.8, 4) is 0 Å². The van der Waals surface area contributed by atoms with Crippen molar-refractivity contribution in [1.29, 1.82) is 0 Å². The first-order valence-corrected chi connectivity index (χ1v) is 9.90. The molecule has 26 heavy (non-hydrogen) atoms. The van der Waals surface area contributed by atoms with Gasteiger partial charge < -0.3 is 20.1 Å². The van der Waals surface area contributed by atoms with Gasteiger partial charge >= 0.3 is 0 Å². The number of carbonyl (C=O) groups is 2. The van der Waals surface area contributed by atoms with Crippen LogP contribution in [0.15, 0.2) is 0 Å². The Morgan fingerprint density at radius 3 is 2.65 bits per heavy atom. The van der Waals surface area contributed by atoms with Gasteiger partial charge in [-0.25, -0.2) is 0 Å². The molecule has 4 heterocycles. The molecule has 1 aromatic heterocycles. The highest BCUT2D eigenvalue weighted by atomic mass is 16.2. The Morgan fingerprint density at radius 1 is 1.04 bits per heavy atom. The third-order valence-electron chi connectivity index (χ3n) is 5.85. The highest BCUT2D eigenvalue weighted by molar-refractivity contribution is 5.83. The van der Waals surface area contributed by atoms with Gasteiger partial charge in [-0.1, -0.05) is 0 Å². The third-order valence-corrected chi connectivity index (χ3v) is 5.85. The minimum absolute atomic E-state index is 0.00424. The minimum Gasteiger partial charge on any atom is -0.349 e. The lowest BCUT2D eigenvalue weighted by Gasteiger charge is -2.31. The summed E-state index contributed by atoms with van der Waals surface area (Å²) in [6.45, 7) is 4.39. The first-order valence-electron chi connectivity index (χ1n) is 9.90. The summed E-state index contributed by atoms with van der Waals surface area (Å²) in [4.78, 5) is 27.2. The van der Waals surface area contributed by atoms with Crippen LogP contribution in [0.4, 0.5) is 0 Å². The Bertz CT molecular complexity index is 667.